The lowest BCUT2D eigenvalue weighted by molar-refractivity contribution is -0.138. The van der Waals surface area contributed by atoms with Crippen molar-refractivity contribution in [3.05, 3.63) is 23.5 Å². The zero-order valence-electron chi connectivity index (χ0n) is 15.5. The summed E-state index contributed by atoms with van der Waals surface area (Å²) in [5.74, 6) is 0.913. The predicted octanol–water partition coefficient (Wildman–Crippen LogP) is 2.33. The van der Waals surface area contributed by atoms with Crippen molar-refractivity contribution in [3.63, 3.8) is 0 Å². The molecule has 26 heavy (non-hydrogen) atoms. The largest absolute Gasteiger partial charge is 0.355 e. The zero-order chi connectivity index (χ0) is 17.9. The lowest BCUT2D eigenvalue weighted by Crippen LogP contribution is -2.49. The van der Waals surface area contributed by atoms with Crippen LogP contribution in [0, 0.1) is 5.41 Å². The summed E-state index contributed by atoms with van der Waals surface area (Å²) in [5.41, 5.74) is 0.660. The van der Waals surface area contributed by atoms with Crippen LogP contribution in [0.2, 0.25) is 0 Å². The molecule has 0 atom stereocenters. The van der Waals surface area contributed by atoms with Gasteiger partial charge < -0.3 is 15.5 Å². The molecule has 1 amide bonds. The van der Waals surface area contributed by atoms with Gasteiger partial charge in [0.25, 0.3) is 0 Å². The first-order valence-corrected chi connectivity index (χ1v) is 9.49. The topological polar surface area (TPSA) is 74.0 Å². The second-order valence-corrected chi connectivity index (χ2v) is 7.66. The number of carbonyl (C=O) groups is 1. The molecule has 1 fully saturated rings. The Labute approximate surface area is 175 Å². The number of aromatic nitrogens is 2. The Morgan fingerprint density at radius 2 is 2.12 bits per heavy atom. The van der Waals surface area contributed by atoms with Gasteiger partial charge in [-0.2, -0.15) is 0 Å². The van der Waals surface area contributed by atoms with Gasteiger partial charge in [0.05, 0.1) is 17.7 Å². The molecule has 9 heteroatoms. The number of imidazole rings is 1. The number of guanidine groups is 1. The van der Waals surface area contributed by atoms with Crippen LogP contribution in [0.25, 0.3) is 4.96 Å². The van der Waals surface area contributed by atoms with Crippen LogP contribution in [0.1, 0.15) is 31.4 Å². The molecule has 0 saturated heterocycles. The van der Waals surface area contributed by atoms with E-state index in [1.807, 2.05) is 36.3 Å². The fourth-order valence-corrected chi connectivity index (χ4v) is 4.22. The first-order chi connectivity index (χ1) is 12.0. The molecule has 2 aromatic rings. The molecule has 144 valence electrons. The van der Waals surface area contributed by atoms with E-state index in [-0.39, 0.29) is 35.3 Å². The van der Waals surface area contributed by atoms with Crippen molar-refractivity contribution in [1.29, 1.82) is 0 Å². The minimum Gasteiger partial charge on any atom is -0.355 e. The van der Waals surface area contributed by atoms with Crippen LogP contribution < -0.4 is 10.6 Å². The fraction of sp³-hybridized carbons (Fsp3) is 0.588. The van der Waals surface area contributed by atoms with Crippen molar-refractivity contribution in [2.45, 2.75) is 32.2 Å². The number of fused-ring (bicyclic) bond motifs is 1. The lowest BCUT2D eigenvalue weighted by Gasteiger charge is -2.31. The fourth-order valence-electron chi connectivity index (χ4n) is 3.50. The van der Waals surface area contributed by atoms with Gasteiger partial charge in [-0.3, -0.25) is 14.2 Å². The van der Waals surface area contributed by atoms with E-state index in [2.05, 4.69) is 20.6 Å². The minimum atomic E-state index is -0.307. The maximum atomic E-state index is 12.6. The third kappa shape index (κ3) is 4.48. The third-order valence-corrected chi connectivity index (χ3v) is 5.59. The van der Waals surface area contributed by atoms with E-state index >= 15 is 0 Å². The number of hydrogen-bond donors (Lipinski definition) is 2. The zero-order valence-corrected chi connectivity index (χ0v) is 18.6. The standard InChI is InChI=1S/C17H26N6OS.HI/c1-18-15(19-10-13-11-23-8-9-25-16(23)21-13)20-12-17(6-4-5-7-17)14(24)22(2)3;/h8-9,11H,4-7,10,12H2,1-3H3,(H2,18,19,20);1H. The number of nitrogens with one attached hydrogen (secondary N) is 2. The minimum absolute atomic E-state index is 0. The Hall–Kier alpha value is -1.36. The van der Waals surface area contributed by atoms with Crippen molar-refractivity contribution in [3.8, 4) is 0 Å². The van der Waals surface area contributed by atoms with Crippen molar-refractivity contribution in [1.82, 2.24) is 24.9 Å². The molecule has 0 spiro atoms. The SMILES string of the molecule is CN=C(NCc1cn2ccsc2n1)NCC1(C(=O)N(C)C)CCCC1.I. The molecule has 2 heterocycles. The summed E-state index contributed by atoms with van der Waals surface area (Å²) in [6.45, 7) is 1.21. The maximum Gasteiger partial charge on any atom is 0.230 e. The summed E-state index contributed by atoms with van der Waals surface area (Å²) in [6.07, 6.45) is 8.11. The van der Waals surface area contributed by atoms with Crippen LogP contribution in [0.5, 0.6) is 0 Å². The van der Waals surface area contributed by atoms with Crippen LogP contribution in [-0.4, -0.2) is 53.8 Å². The van der Waals surface area contributed by atoms with Crippen LogP contribution in [0.15, 0.2) is 22.8 Å². The van der Waals surface area contributed by atoms with Gasteiger partial charge in [-0.1, -0.05) is 12.8 Å². The van der Waals surface area contributed by atoms with E-state index in [1.54, 1.807) is 23.3 Å². The second kappa shape index (κ2) is 9.03. The number of aliphatic imine (C=N–C) groups is 1. The summed E-state index contributed by atoms with van der Waals surface area (Å²) < 4.78 is 2.02. The van der Waals surface area contributed by atoms with Crippen molar-refractivity contribution in [2.75, 3.05) is 27.7 Å². The van der Waals surface area contributed by atoms with Crippen LogP contribution >= 0.6 is 35.3 Å². The van der Waals surface area contributed by atoms with Gasteiger partial charge in [0.15, 0.2) is 10.9 Å². The molecule has 0 bridgehead atoms. The molecule has 7 nitrogen and oxygen atoms in total. The van der Waals surface area contributed by atoms with Gasteiger partial charge in [-0.15, -0.1) is 35.3 Å². The average molecular weight is 490 g/mol. The highest BCUT2D eigenvalue weighted by atomic mass is 127. The first kappa shape index (κ1) is 20.9. The van der Waals surface area contributed by atoms with Crippen LogP contribution in [0.4, 0.5) is 0 Å². The number of amides is 1. The van der Waals surface area contributed by atoms with Crippen molar-refractivity contribution >= 4 is 52.1 Å². The summed E-state index contributed by atoms with van der Waals surface area (Å²) in [6, 6.07) is 0. The van der Waals surface area contributed by atoms with E-state index in [9.17, 15) is 4.79 Å². The molecule has 1 aliphatic rings. The highest BCUT2D eigenvalue weighted by Crippen LogP contribution is 2.38. The third-order valence-electron chi connectivity index (χ3n) is 4.82. The van der Waals surface area contributed by atoms with E-state index in [4.69, 9.17) is 0 Å². The molecule has 2 aromatic heterocycles. The van der Waals surface area contributed by atoms with E-state index in [0.29, 0.717) is 19.0 Å². The van der Waals surface area contributed by atoms with Gasteiger partial charge in [0.2, 0.25) is 5.91 Å². The van der Waals surface area contributed by atoms with E-state index in [1.165, 1.54) is 0 Å². The summed E-state index contributed by atoms with van der Waals surface area (Å²) in [5, 5.41) is 8.65. The molecular formula is C17H27IN6OS. The Morgan fingerprint density at radius 1 is 1.38 bits per heavy atom. The monoisotopic (exact) mass is 490 g/mol. The summed E-state index contributed by atoms with van der Waals surface area (Å²) in [7, 11) is 5.41. The smallest absolute Gasteiger partial charge is 0.230 e. The van der Waals surface area contributed by atoms with Gasteiger partial charge in [-0.25, -0.2) is 4.98 Å². The molecule has 0 unspecified atom stereocenters. The number of hydrogen-bond acceptors (Lipinski definition) is 4. The highest BCUT2D eigenvalue weighted by molar-refractivity contribution is 14.0. The Morgan fingerprint density at radius 3 is 2.73 bits per heavy atom. The molecule has 1 aliphatic carbocycles. The molecule has 1 saturated carbocycles. The van der Waals surface area contributed by atoms with E-state index < -0.39 is 0 Å². The van der Waals surface area contributed by atoms with Gasteiger partial charge in [0, 0.05) is 45.5 Å². The maximum absolute atomic E-state index is 12.6. The first-order valence-electron chi connectivity index (χ1n) is 8.61. The predicted molar refractivity (Wildman–Crippen MR) is 116 cm³/mol. The molecule has 0 aromatic carbocycles. The van der Waals surface area contributed by atoms with Crippen molar-refractivity contribution in [2.24, 2.45) is 10.4 Å². The quantitative estimate of drug-likeness (QED) is 0.384. The second-order valence-electron chi connectivity index (χ2n) is 6.79. The van der Waals surface area contributed by atoms with Gasteiger partial charge >= 0.3 is 0 Å². The summed E-state index contributed by atoms with van der Waals surface area (Å²) in [4.78, 5) is 24.2. The Bertz CT molecular complexity index is 734. The normalized spacial score (nSPS) is 16.3. The number of carbonyl (C=O) groups excluding carboxylic acids is 1. The molecule has 3 rings (SSSR count). The van der Waals surface area contributed by atoms with Crippen molar-refractivity contribution < 1.29 is 4.79 Å². The van der Waals surface area contributed by atoms with Crippen LogP contribution in [0.3, 0.4) is 0 Å². The average Bonchev–Trinajstić information content (AvgIpc) is 3.30. The number of thiazole rings is 1. The molecular weight excluding hydrogens is 463 g/mol. The molecule has 0 aliphatic heterocycles. The lowest BCUT2D eigenvalue weighted by atomic mass is 9.84. The number of halogens is 1. The number of rotatable bonds is 5. The number of nitrogens with zero attached hydrogens (tertiary/aromatic N) is 4. The van der Waals surface area contributed by atoms with Crippen LogP contribution in [-0.2, 0) is 11.3 Å². The van der Waals surface area contributed by atoms with Gasteiger partial charge in [0.1, 0.15) is 0 Å². The van der Waals surface area contributed by atoms with E-state index in [0.717, 1.165) is 36.3 Å². The Balaban J connectivity index is 0.00000243. The molecule has 0 radical (unpaired) electrons. The highest BCUT2D eigenvalue weighted by Gasteiger charge is 2.42. The Kier molecular flexibility index (Phi) is 7.27. The summed E-state index contributed by atoms with van der Waals surface area (Å²) >= 11 is 1.62. The molecule has 2 N–H and O–H groups in total. The van der Waals surface area contributed by atoms with Gasteiger partial charge in [-0.05, 0) is 12.8 Å².